The van der Waals surface area contributed by atoms with Gasteiger partial charge >= 0.3 is 0 Å². The van der Waals surface area contributed by atoms with Crippen LogP contribution >= 0.6 is 11.6 Å². The summed E-state index contributed by atoms with van der Waals surface area (Å²) in [5.74, 6) is 1.79. The van der Waals surface area contributed by atoms with E-state index in [1.807, 2.05) is 12.1 Å². The zero-order chi connectivity index (χ0) is 25.5. The van der Waals surface area contributed by atoms with Gasteiger partial charge in [0.05, 0.1) is 30.5 Å². The van der Waals surface area contributed by atoms with Crippen molar-refractivity contribution in [1.29, 1.82) is 0 Å². The zero-order valence-electron chi connectivity index (χ0n) is 20.3. The molecule has 2 aromatic rings. The summed E-state index contributed by atoms with van der Waals surface area (Å²) in [5, 5.41) is 3.74. The van der Waals surface area contributed by atoms with Gasteiger partial charge in [0.25, 0.3) is 0 Å². The average molecular weight is 512 g/mol. The summed E-state index contributed by atoms with van der Waals surface area (Å²) in [7, 11) is 1.66. The smallest absolute Gasteiger partial charge is 0.246 e. The van der Waals surface area contributed by atoms with Gasteiger partial charge in [0.15, 0.2) is 5.84 Å². The number of aromatic nitrogens is 1. The van der Waals surface area contributed by atoms with Crippen molar-refractivity contribution < 1.29 is 19.0 Å². The number of pyridine rings is 1. The van der Waals surface area contributed by atoms with Crippen molar-refractivity contribution in [3.05, 3.63) is 53.7 Å². The standard InChI is InChI=1S/C26H30ClN5O4/c1-4-24(33)32-11-9-19(14-32)36-23-8-6-21(28-2)25(31-23)26(29-3)30-18-5-7-22(20(27)13-18)35-16-17-10-12-34-15-17/h4-8,13,17,19H,1-2,9-12,14-16H2,3H3,(H,29,30)/t17?,19-/m0/s1. The Morgan fingerprint density at radius 2 is 2.22 bits per heavy atom. The van der Waals surface area contributed by atoms with E-state index in [2.05, 4.69) is 33.6 Å². The van der Waals surface area contributed by atoms with Crippen molar-refractivity contribution in [1.82, 2.24) is 9.88 Å². The molecule has 1 unspecified atom stereocenters. The largest absolute Gasteiger partial charge is 0.492 e. The number of ether oxygens (including phenoxy) is 3. The second-order valence-corrected chi connectivity index (χ2v) is 8.98. The monoisotopic (exact) mass is 511 g/mol. The van der Waals surface area contributed by atoms with Crippen LogP contribution in [0, 0.1) is 5.92 Å². The maximum Gasteiger partial charge on any atom is 0.246 e. The maximum absolute atomic E-state index is 11.9. The molecule has 2 aliphatic heterocycles. The molecule has 1 aromatic carbocycles. The number of rotatable bonds is 9. The molecule has 1 amide bonds. The third-order valence-electron chi connectivity index (χ3n) is 6.08. The molecule has 0 aliphatic carbocycles. The first kappa shape index (κ1) is 25.7. The quantitative estimate of drug-likeness (QED) is 0.309. The number of hydrogen-bond donors (Lipinski definition) is 1. The molecule has 0 bridgehead atoms. The van der Waals surface area contributed by atoms with E-state index in [9.17, 15) is 4.79 Å². The number of carbonyl (C=O) groups is 1. The van der Waals surface area contributed by atoms with Crippen LogP contribution in [-0.4, -0.2) is 74.4 Å². The Labute approximate surface area is 215 Å². The highest BCUT2D eigenvalue weighted by Gasteiger charge is 2.27. The van der Waals surface area contributed by atoms with E-state index in [0.717, 1.165) is 25.3 Å². The summed E-state index contributed by atoms with van der Waals surface area (Å²) in [5.41, 5.74) is 1.75. The van der Waals surface area contributed by atoms with Gasteiger partial charge in [-0.25, -0.2) is 4.98 Å². The number of hydrogen-bond acceptors (Lipinski definition) is 7. The highest BCUT2D eigenvalue weighted by atomic mass is 35.5. The summed E-state index contributed by atoms with van der Waals surface area (Å²) >= 11 is 6.48. The van der Waals surface area contributed by atoms with E-state index in [0.29, 0.717) is 65.9 Å². The van der Waals surface area contributed by atoms with E-state index in [1.165, 1.54) is 6.08 Å². The molecule has 0 spiro atoms. The minimum absolute atomic E-state index is 0.104. The summed E-state index contributed by atoms with van der Waals surface area (Å²) in [6.07, 6.45) is 2.86. The van der Waals surface area contributed by atoms with E-state index >= 15 is 0 Å². The first-order valence-electron chi connectivity index (χ1n) is 11.8. The van der Waals surface area contributed by atoms with Crippen LogP contribution < -0.4 is 14.8 Å². The van der Waals surface area contributed by atoms with Crippen molar-refractivity contribution >= 4 is 41.4 Å². The van der Waals surface area contributed by atoms with Gasteiger partial charge in [-0.3, -0.25) is 14.8 Å². The molecule has 9 nitrogen and oxygen atoms in total. The van der Waals surface area contributed by atoms with Gasteiger partial charge in [0.1, 0.15) is 17.5 Å². The van der Waals surface area contributed by atoms with Crippen molar-refractivity contribution in [3.8, 4) is 11.6 Å². The zero-order valence-corrected chi connectivity index (χ0v) is 21.0. The Morgan fingerprint density at radius 3 is 2.92 bits per heavy atom. The Balaban J connectivity index is 1.45. The lowest BCUT2D eigenvalue weighted by atomic mass is 10.1. The van der Waals surface area contributed by atoms with Crippen LogP contribution in [0.5, 0.6) is 11.6 Å². The highest BCUT2D eigenvalue weighted by molar-refractivity contribution is 6.32. The molecule has 0 saturated carbocycles. The predicted octanol–water partition coefficient (Wildman–Crippen LogP) is 4.14. The Morgan fingerprint density at radius 1 is 1.36 bits per heavy atom. The summed E-state index contributed by atoms with van der Waals surface area (Å²) in [6.45, 7) is 10.4. The summed E-state index contributed by atoms with van der Waals surface area (Å²) in [6, 6.07) is 8.97. The second-order valence-electron chi connectivity index (χ2n) is 8.58. The molecule has 2 atom stereocenters. The number of benzene rings is 1. The van der Waals surface area contributed by atoms with Crippen molar-refractivity contribution in [3.63, 3.8) is 0 Å². The molecule has 2 fully saturated rings. The Hall–Kier alpha value is -3.43. The number of carbonyl (C=O) groups excluding carboxylic acids is 1. The average Bonchev–Trinajstić information content (AvgIpc) is 3.59. The lowest BCUT2D eigenvalue weighted by molar-refractivity contribution is -0.125. The van der Waals surface area contributed by atoms with E-state index in [-0.39, 0.29) is 12.0 Å². The SMILES string of the molecule is C=CC(=O)N1CC[C@H](Oc2ccc(N=C)c(/C(=N\C)Nc3ccc(OCC4CCOC4)c(Cl)c3)n2)C1. The van der Waals surface area contributed by atoms with Gasteiger partial charge in [-0.2, -0.15) is 0 Å². The van der Waals surface area contributed by atoms with Gasteiger partial charge in [0.2, 0.25) is 11.8 Å². The molecule has 4 rings (SSSR count). The minimum atomic E-state index is -0.158. The van der Waals surface area contributed by atoms with Gasteiger partial charge < -0.3 is 24.4 Å². The number of nitrogens with zero attached hydrogens (tertiary/aromatic N) is 4. The fraction of sp³-hybridized carbons (Fsp3) is 0.385. The molecule has 2 aliphatic rings. The van der Waals surface area contributed by atoms with Crippen LogP contribution in [-0.2, 0) is 9.53 Å². The molecule has 3 heterocycles. The molecule has 1 N–H and O–H groups in total. The Kier molecular flexibility index (Phi) is 8.56. The van der Waals surface area contributed by atoms with Crippen molar-refractivity contribution in [2.24, 2.45) is 15.9 Å². The normalized spacial score (nSPS) is 19.7. The number of aliphatic imine (C=N–C) groups is 2. The Bertz CT molecular complexity index is 1150. The summed E-state index contributed by atoms with van der Waals surface area (Å²) < 4.78 is 17.3. The number of anilines is 1. The van der Waals surface area contributed by atoms with Crippen molar-refractivity contribution in [2.45, 2.75) is 18.9 Å². The first-order valence-corrected chi connectivity index (χ1v) is 12.2. The fourth-order valence-corrected chi connectivity index (χ4v) is 4.34. The van der Waals surface area contributed by atoms with Gasteiger partial charge in [-0.05, 0) is 43.5 Å². The molecular formula is C26H30ClN5O4. The van der Waals surface area contributed by atoms with E-state index in [1.54, 1.807) is 30.1 Å². The lowest BCUT2D eigenvalue weighted by Gasteiger charge is -2.17. The van der Waals surface area contributed by atoms with Gasteiger partial charge in [-0.15, -0.1) is 0 Å². The molecule has 2 saturated heterocycles. The van der Waals surface area contributed by atoms with E-state index in [4.69, 9.17) is 25.8 Å². The third kappa shape index (κ3) is 6.22. The van der Waals surface area contributed by atoms with Crippen LogP contribution in [0.4, 0.5) is 11.4 Å². The first-order chi connectivity index (χ1) is 17.5. The highest BCUT2D eigenvalue weighted by Crippen LogP contribution is 2.30. The van der Waals surface area contributed by atoms with Gasteiger partial charge in [-0.1, -0.05) is 18.2 Å². The van der Waals surface area contributed by atoms with Crippen molar-refractivity contribution in [2.75, 3.05) is 45.3 Å². The van der Waals surface area contributed by atoms with Crippen LogP contribution in [0.25, 0.3) is 0 Å². The topological polar surface area (TPSA) is 97.6 Å². The molecule has 0 radical (unpaired) electrons. The molecule has 1 aromatic heterocycles. The molecular weight excluding hydrogens is 482 g/mol. The summed E-state index contributed by atoms with van der Waals surface area (Å²) in [4.78, 5) is 26.7. The number of amidine groups is 1. The molecule has 10 heteroatoms. The van der Waals surface area contributed by atoms with Crippen LogP contribution in [0.2, 0.25) is 5.02 Å². The van der Waals surface area contributed by atoms with E-state index < -0.39 is 0 Å². The lowest BCUT2D eigenvalue weighted by Crippen LogP contribution is -2.29. The molecule has 36 heavy (non-hydrogen) atoms. The second kappa shape index (κ2) is 12.0. The van der Waals surface area contributed by atoms with Gasteiger partial charge in [0, 0.05) is 44.3 Å². The fourth-order valence-electron chi connectivity index (χ4n) is 4.10. The number of nitrogens with one attached hydrogen (secondary N) is 1. The number of amides is 1. The van der Waals surface area contributed by atoms with Crippen LogP contribution in [0.3, 0.4) is 0 Å². The maximum atomic E-state index is 11.9. The predicted molar refractivity (Wildman–Crippen MR) is 141 cm³/mol. The minimum Gasteiger partial charge on any atom is -0.492 e. The number of likely N-dealkylation sites (tertiary alicyclic amines) is 1. The molecule has 190 valence electrons. The number of halogens is 1. The third-order valence-corrected chi connectivity index (χ3v) is 6.37. The van der Waals surface area contributed by atoms with Crippen LogP contribution in [0.1, 0.15) is 18.5 Å². The van der Waals surface area contributed by atoms with Crippen LogP contribution in [0.15, 0.2) is 53.0 Å².